The maximum atomic E-state index is 13.5. The summed E-state index contributed by atoms with van der Waals surface area (Å²) < 4.78 is 10.6. The van der Waals surface area contributed by atoms with Gasteiger partial charge in [-0.05, 0) is 48.0 Å². The Morgan fingerprint density at radius 3 is 1.90 bits per heavy atom. The fourth-order valence-electron chi connectivity index (χ4n) is 3.99. The molecule has 0 spiro atoms. The van der Waals surface area contributed by atoms with Gasteiger partial charge in [-0.25, -0.2) is 9.59 Å². The van der Waals surface area contributed by atoms with Gasteiger partial charge in [0.15, 0.2) is 0 Å². The zero-order chi connectivity index (χ0) is 30.2. The number of hydrogen-bond acceptors (Lipinski definition) is 7. The lowest BCUT2D eigenvalue weighted by Gasteiger charge is -2.18. The number of ether oxygens (including phenoxy) is 2. The van der Waals surface area contributed by atoms with Crippen LogP contribution in [0.15, 0.2) is 95.9 Å². The second-order valence-corrected chi connectivity index (χ2v) is 10.0. The van der Waals surface area contributed by atoms with E-state index in [1.807, 2.05) is 30.3 Å². The molecule has 1 atom stereocenters. The molecule has 4 aromatic rings. The third-order valence-corrected chi connectivity index (χ3v) is 7.33. The minimum Gasteiger partial charge on any atom is -0.497 e. The summed E-state index contributed by atoms with van der Waals surface area (Å²) in [6, 6.07) is 24.3. The molecule has 4 rings (SSSR count). The number of benzene rings is 4. The molecule has 10 nitrogen and oxygen atoms in total. The molecule has 4 N–H and O–H groups in total. The van der Waals surface area contributed by atoms with Gasteiger partial charge in [0.25, 0.3) is 5.91 Å². The fraction of sp³-hybridized carbons (Fsp3) is 0.0968. The van der Waals surface area contributed by atoms with Crippen molar-refractivity contribution in [2.75, 3.05) is 24.9 Å². The SMILES string of the molecule is COc1cc(NC(=O)C(Sc2ccc(NC(=O)c3ccc(C(=O)O)cc3C(=O)O)cc2)c2ccccc2)cc(OC)c1. The van der Waals surface area contributed by atoms with Gasteiger partial charge in [0.1, 0.15) is 16.7 Å². The molecule has 2 amide bonds. The van der Waals surface area contributed by atoms with Crippen molar-refractivity contribution < 1.29 is 38.9 Å². The number of thioether (sulfide) groups is 1. The first-order chi connectivity index (χ1) is 20.2. The lowest BCUT2D eigenvalue weighted by molar-refractivity contribution is -0.115. The molecule has 0 fully saturated rings. The van der Waals surface area contributed by atoms with E-state index in [0.717, 1.165) is 22.6 Å². The van der Waals surface area contributed by atoms with Gasteiger partial charge in [-0.15, -0.1) is 11.8 Å². The summed E-state index contributed by atoms with van der Waals surface area (Å²) in [5, 5.41) is 23.5. The average Bonchev–Trinajstić information content (AvgIpc) is 3.00. The molecule has 4 aromatic carbocycles. The van der Waals surface area contributed by atoms with Crippen molar-refractivity contribution in [3.8, 4) is 11.5 Å². The second kappa shape index (κ2) is 13.4. The monoisotopic (exact) mass is 586 g/mol. The van der Waals surface area contributed by atoms with Crippen LogP contribution in [-0.2, 0) is 4.79 Å². The minimum absolute atomic E-state index is 0.180. The summed E-state index contributed by atoms with van der Waals surface area (Å²) in [6.07, 6.45) is 0. The highest BCUT2D eigenvalue weighted by molar-refractivity contribution is 8.00. The minimum atomic E-state index is -1.42. The predicted molar refractivity (Wildman–Crippen MR) is 158 cm³/mol. The van der Waals surface area contributed by atoms with Crippen LogP contribution in [0.25, 0.3) is 0 Å². The van der Waals surface area contributed by atoms with Crippen molar-refractivity contribution >= 4 is 46.9 Å². The van der Waals surface area contributed by atoms with Gasteiger partial charge in [-0.3, -0.25) is 9.59 Å². The number of hydrogen-bond donors (Lipinski definition) is 4. The average molecular weight is 587 g/mol. The highest BCUT2D eigenvalue weighted by Gasteiger charge is 2.23. The first-order valence-corrected chi connectivity index (χ1v) is 13.3. The van der Waals surface area contributed by atoms with E-state index in [-0.39, 0.29) is 17.0 Å². The number of aromatic carboxylic acids is 2. The zero-order valence-corrected chi connectivity index (χ0v) is 23.3. The zero-order valence-electron chi connectivity index (χ0n) is 22.5. The number of carbonyl (C=O) groups excluding carboxylic acids is 2. The number of rotatable bonds is 11. The second-order valence-electron chi connectivity index (χ2n) is 8.85. The largest absolute Gasteiger partial charge is 0.497 e. The van der Waals surface area contributed by atoms with Crippen LogP contribution in [-0.4, -0.2) is 48.2 Å². The molecule has 0 aromatic heterocycles. The highest BCUT2D eigenvalue weighted by Crippen LogP contribution is 2.37. The predicted octanol–water partition coefficient (Wildman–Crippen LogP) is 5.82. The van der Waals surface area contributed by atoms with E-state index >= 15 is 0 Å². The van der Waals surface area contributed by atoms with Crippen molar-refractivity contribution in [1.29, 1.82) is 0 Å². The third-order valence-electron chi connectivity index (χ3n) is 6.07. The molecule has 0 aliphatic heterocycles. The van der Waals surface area contributed by atoms with Crippen molar-refractivity contribution in [3.63, 3.8) is 0 Å². The molecule has 0 aliphatic carbocycles. The van der Waals surface area contributed by atoms with Crippen molar-refractivity contribution in [2.45, 2.75) is 10.1 Å². The van der Waals surface area contributed by atoms with E-state index in [1.54, 1.807) is 42.5 Å². The lowest BCUT2D eigenvalue weighted by atomic mass is 10.0. The van der Waals surface area contributed by atoms with Gasteiger partial charge in [-0.2, -0.15) is 0 Å². The van der Waals surface area contributed by atoms with Gasteiger partial charge in [0.05, 0.1) is 30.9 Å². The van der Waals surface area contributed by atoms with Crippen molar-refractivity contribution in [2.24, 2.45) is 0 Å². The number of carboxylic acid groups (broad SMARTS) is 2. The van der Waals surface area contributed by atoms with E-state index in [2.05, 4.69) is 10.6 Å². The van der Waals surface area contributed by atoms with E-state index < -0.39 is 28.7 Å². The van der Waals surface area contributed by atoms with Crippen LogP contribution in [0.5, 0.6) is 11.5 Å². The number of nitrogens with one attached hydrogen (secondary N) is 2. The fourth-order valence-corrected chi connectivity index (χ4v) is 5.02. The van der Waals surface area contributed by atoms with Crippen LogP contribution in [0.4, 0.5) is 11.4 Å². The Balaban J connectivity index is 1.52. The molecule has 0 heterocycles. The maximum Gasteiger partial charge on any atom is 0.336 e. The normalized spacial score (nSPS) is 11.2. The highest BCUT2D eigenvalue weighted by atomic mass is 32.2. The number of methoxy groups -OCH3 is 2. The smallest absolute Gasteiger partial charge is 0.336 e. The third kappa shape index (κ3) is 7.26. The molecule has 0 bridgehead atoms. The Morgan fingerprint density at radius 1 is 0.690 bits per heavy atom. The van der Waals surface area contributed by atoms with E-state index in [0.29, 0.717) is 22.9 Å². The molecular weight excluding hydrogens is 560 g/mol. The summed E-state index contributed by atoms with van der Waals surface area (Å²) in [5.74, 6) is -2.65. The first-order valence-electron chi connectivity index (χ1n) is 12.5. The summed E-state index contributed by atoms with van der Waals surface area (Å²) in [5.41, 5.74) is 0.817. The Morgan fingerprint density at radius 2 is 1.33 bits per heavy atom. The Bertz CT molecular complexity index is 1600. The topological polar surface area (TPSA) is 151 Å². The molecule has 42 heavy (non-hydrogen) atoms. The quantitative estimate of drug-likeness (QED) is 0.159. The lowest BCUT2D eigenvalue weighted by Crippen LogP contribution is -2.19. The van der Waals surface area contributed by atoms with Crippen LogP contribution >= 0.6 is 11.8 Å². The van der Waals surface area contributed by atoms with Crippen LogP contribution in [0.1, 0.15) is 41.9 Å². The van der Waals surface area contributed by atoms with Crippen LogP contribution in [0.2, 0.25) is 0 Å². The van der Waals surface area contributed by atoms with Crippen LogP contribution in [0.3, 0.4) is 0 Å². The molecule has 214 valence electrons. The van der Waals surface area contributed by atoms with Crippen molar-refractivity contribution in [1.82, 2.24) is 0 Å². The first kappa shape index (κ1) is 29.7. The van der Waals surface area contributed by atoms with Gasteiger partial charge in [0, 0.05) is 34.5 Å². The summed E-state index contributed by atoms with van der Waals surface area (Å²) in [7, 11) is 3.05. The maximum absolute atomic E-state index is 13.5. The van der Waals surface area contributed by atoms with Gasteiger partial charge >= 0.3 is 11.9 Å². The molecule has 0 aliphatic rings. The molecule has 11 heteroatoms. The van der Waals surface area contributed by atoms with E-state index in [9.17, 15) is 24.3 Å². The molecule has 0 radical (unpaired) electrons. The Labute approximate surface area is 245 Å². The summed E-state index contributed by atoms with van der Waals surface area (Å²) in [4.78, 5) is 49.9. The number of anilines is 2. The molecule has 0 saturated carbocycles. The van der Waals surface area contributed by atoms with Crippen LogP contribution < -0.4 is 20.1 Å². The molecular formula is C31H26N2O8S. The summed E-state index contributed by atoms with van der Waals surface area (Å²) >= 11 is 1.30. The van der Waals surface area contributed by atoms with E-state index in [1.165, 1.54) is 32.0 Å². The molecule has 1 unspecified atom stereocenters. The number of carbonyl (C=O) groups is 4. The van der Waals surface area contributed by atoms with Gasteiger partial charge < -0.3 is 30.3 Å². The number of amides is 2. The van der Waals surface area contributed by atoms with E-state index in [4.69, 9.17) is 14.6 Å². The Hall–Kier alpha value is -5.29. The van der Waals surface area contributed by atoms with Gasteiger partial charge in [-0.1, -0.05) is 30.3 Å². The standard InChI is InChI=1S/C31H26N2O8S/c1-40-22-15-21(16-23(17-22)41-2)33-29(35)27(18-6-4-3-5-7-18)42-24-11-9-20(10-12-24)32-28(34)25-13-8-19(30(36)37)14-26(25)31(38)39/h3-17,27H,1-2H3,(H,32,34)(H,33,35)(H,36,37)(H,38,39). The van der Waals surface area contributed by atoms with Gasteiger partial charge in [0.2, 0.25) is 5.91 Å². The Kier molecular flexibility index (Phi) is 9.46. The number of carboxylic acids is 2. The molecule has 0 saturated heterocycles. The summed E-state index contributed by atoms with van der Waals surface area (Å²) in [6.45, 7) is 0. The van der Waals surface area contributed by atoms with Crippen molar-refractivity contribution in [3.05, 3.63) is 113 Å². The van der Waals surface area contributed by atoms with Crippen LogP contribution in [0, 0.1) is 0 Å².